The second-order valence-corrected chi connectivity index (χ2v) is 4.51. The van der Waals surface area contributed by atoms with Crippen molar-refractivity contribution in [3.05, 3.63) is 0 Å². The molecule has 0 radical (unpaired) electrons. The van der Waals surface area contributed by atoms with Crippen LogP contribution in [0, 0.1) is 0 Å². The highest BCUT2D eigenvalue weighted by atomic mass is 15.2. The molecule has 0 amide bonds. The molecule has 0 aromatic heterocycles. The highest BCUT2D eigenvalue weighted by Crippen LogP contribution is 2.23. The maximum atomic E-state index is 3.45. The van der Waals surface area contributed by atoms with Gasteiger partial charge in [0, 0.05) is 18.1 Å². The first-order valence-corrected chi connectivity index (χ1v) is 5.56. The van der Waals surface area contributed by atoms with Gasteiger partial charge < -0.3 is 5.32 Å². The van der Waals surface area contributed by atoms with Crippen LogP contribution >= 0.6 is 0 Å². The van der Waals surface area contributed by atoms with Crippen LogP contribution in [0.2, 0.25) is 0 Å². The van der Waals surface area contributed by atoms with E-state index in [9.17, 15) is 0 Å². The maximum absolute atomic E-state index is 3.45. The van der Waals surface area contributed by atoms with Gasteiger partial charge in [0.05, 0.1) is 0 Å². The van der Waals surface area contributed by atoms with E-state index in [1.807, 2.05) is 0 Å². The minimum atomic E-state index is 0.666. The summed E-state index contributed by atoms with van der Waals surface area (Å²) in [5.74, 6) is 0. The van der Waals surface area contributed by atoms with E-state index in [1.54, 1.807) is 0 Å². The fraction of sp³-hybridized carbons (Fsp3) is 1.00. The van der Waals surface area contributed by atoms with Gasteiger partial charge >= 0.3 is 0 Å². The zero-order chi connectivity index (χ0) is 9.84. The Labute approximate surface area is 82.7 Å². The molecule has 0 aromatic rings. The maximum Gasteiger partial charge on any atom is 0.0248 e. The lowest BCUT2D eigenvalue weighted by Crippen LogP contribution is -2.51. The molecule has 0 bridgehead atoms. The molecule has 78 valence electrons. The second-order valence-electron chi connectivity index (χ2n) is 4.51. The monoisotopic (exact) mass is 184 g/mol. The van der Waals surface area contributed by atoms with Crippen molar-refractivity contribution in [2.45, 2.75) is 57.7 Å². The van der Waals surface area contributed by atoms with Crippen molar-refractivity contribution in [2.24, 2.45) is 0 Å². The molecule has 1 rings (SSSR count). The molecule has 1 aliphatic rings. The molecule has 0 unspecified atom stereocenters. The van der Waals surface area contributed by atoms with Crippen molar-refractivity contribution in [1.82, 2.24) is 10.2 Å². The Balaban J connectivity index is 2.53. The summed E-state index contributed by atoms with van der Waals surface area (Å²) in [5.41, 5.74) is 0. The molecular weight excluding hydrogens is 160 g/mol. The van der Waals surface area contributed by atoms with Gasteiger partial charge in [-0.15, -0.1) is 0 Å². The molecule has 0 spiro atoms. The quantitative estimate of drug-likeness (QED) is 0.720. The van der Waals surface area contributed by atoms with Crippen LogP contribution in [0.25, 0.3) is 0 Å². The predicted molar refractivity (Wildman–Crippen MR) is 58.0 cm³/mol. The van der Waals surface area contributed by atoms with E-state index in [1.165, 1.54) is 25.7 Å². The first kappa shape index (κ1) is 11.0. The number of rotatable bonds is 3. The molecule has 2 atom stereocenters. The summed E-state index contributed by atoms with van der Waals surface area (Å²) >= 11 is 0. The lowest BCUT2D eigenvalue weighted by Gasteiger charge is -2.40. The number of nitrogens with zero attached hydrogens (tertiary/aromatic N) is 1. The van der Waals surface area contributed by atoms with E-state index < -0.39 is 0 Å². The lowest BCUT2D eigenvalue weighted by molar-refractivity contribution is 0.124. The Morgan fingerprint density at radius 2 is 1.85 bits per heavy atom. The molecule has 13 heavy (non-hydrogen) atoms. The van der Waals surface area contributed by atoms with Crippen LogP contribution in [-0.2, 0) is 0 Å². The van der Waals surface area contributed by atoms with Crippen molar-refractivity contribution in [3.63, 3.8) is 0 Å². The van der Waals surface area contributed by atoms with Crippen LogP contribution in [-0.4, -0.2) is 37.1 Å². The summed E-state index contributed by atoms with van der Waals surface area (Å²) in [6.45, 7) is 4.56. The van der Waals surface area contributed by atoms with E-state index in [2.05, 4.69) is 38.2 Å². The van der Waals surface area contributed by atoms with E-state index in [-0.39, 0.29) is 0 Å². The van der Waals surface area contributed by atoms with Gasteiger partial charge in [0.2, 0.25) is 0 Å². The molecule has 0 saturated heterocycles. The van der Waals surface area contributed by atoms with Gasteiger partial charge in [0.1, 0.15) is 0 Å². The van der Waals surface area contributed by atoms with Crippen molar-refractivity contribution >= 4 is 0 Å². The second kappa shape index (κ2) is 4.97. The molecule has 0 aromatic carbocycles. The summed E-state index contributed by atoms with van der Waals surface area (Å²) in [6.07, 6.45) is 5.51. The molecule has 0 heterocycles. The average molecular weight is 184 g/mol. The van der Waals surface area contributed by atoms with E-state index in [4.69, 9.17) is 0 Å². The SMILES string of the molecule is CN[C@@H]1CCCC[C@H]1N(C)C(C)C. The standard InChI is InChI=1S/C11H24N2/c1-9(2)13(4)11-8-6-5-7-10(11)12-3/h9-12H,5-8H2,1-4H3/t10-,11-/m1/s1. The van der Waals surface area contributed by atoms with Crippen LogP contribution in [0.15, 0.2) is 0 Å². The van der Waals surface area contributed by atoms with Crippen LogP contribution in [0.1, 0.15) is 39.5 Å². The lowest BCUT2D eigenvalue weighted by atomic mass is 9.89. The summed E-state index contributed by atoms with van der Waals surface area (Å²) in [4.78, 5) is 2.51. The Morgan fingerprint density at radius 1 is 1.23 bits per heavy atom. The minimum absolute atomic E-state index is 0.666. The molecule has 1 aliphatic carbocycles. The third-order valence-electron chi connectivity index (χ3n) is 3.44. The topological polar surface area (TPSA) is 15.3 Å². The van der Waals surface area contributed by atoms with Gasteiger partial charge in [-0.1, -0.05) is 12.8 Å². The third kappa shape index (κ3) is 2.68. The Morgan fingerprint density at radius 3 is 2.38 bits per heavy atom. The van der Waals surface area contributed by atoms with Gasteiger partial charge in [-0.05, 0) is 40.8 Å². The van der Waals surface area contributed by atoms with Gasteiger partial charge in [-0.3, -0.25) is 4.90 Å². The van der Waals surface area contributed by atoms with Crippen molar-refractivity contribution in [3.8, 4) is 0 Å². The molecular formula is C11H24N2. The molecule has 1 N–H and O–H groups in total. The molecule has 2 nitrogen and oxygen atoms in total. The van der Waals surface area contributed by atoms with Gasteiger partial charge in [-0.2, -0.15) is 0 Å². The highest BCUT2D eigenvalue weighted by Gasteiger charge is 2.27. The Kier molecular flexibility index (Phi) is 4.20. The number of hydrogen-bond donors (Lipinski definition) is 1. The van der Waals surface area contributed by atoms with Crippen LogP contribution in [0.4, 0.5) is 0 Å². The van der Waals surface area contributed by atoms with Crippen molar-refractivity contribution in [1.29, 1.82) is 0 Å². The molecule has 1 saturated carbocycles. The average Bonchev–Trinajstić information content (AvgIpc) is 2.16. The van der Waals surface area contributed by atoms with E-state index >= 15 is 0 Å². The zero-order valence-corrected chi connectivity index (χ0v) is 9.51. The van der Waals surface area contributed by atoms with E-state index in [0.29, 0.717) is 12.1 Å². The smallest absolute Gasteiger partial charge is 0.0248 e. The summed E-state index contributed by atoms with van der Waals surface area (Å²) in [7, 11) is 4.35. The number of hydrogen-bond acceptors (Lipinski definition) is 2. The highest BCUT2D eigenvalue weighted by molar-refractivity contribution is 4.87. The normalized spacial score (nSPS) is 30.0. The number of likely N-dealkylation sites (N-methyl/N-ethyl adjacent to an activating group) is 2. The van der Waals surface area contributed by atoms with E-state index in [0.717, 1.165) is 6.04 Å². The predicted octanol–water partition coefficient (Wildman–Crippen LogP) is 1.86. The summed E-state index contributed by atoms with van der Waals surface area (Å²) in [5, 5.41) is 3.45. The Bertz CT molecular complexity index is 143. The van der Waals surface area contributed by atoms with Crippen LogP contribution in [0.3, 0.4) is 0 Å². The number of nitrogens with one attached hydrogen (secondary N) is 1. The molecule has 2 heteroatoms. The third-order valence-corrected chi connectivity index (χ3v) is 3.44. The largest absolute Gasteiger partial charge is 0.315 e. The van der Waals surface area contributed by atoms with Gasteiger partial charge in [-0.25, -0.2) is 0 Å². The first-order chi connectivity index (χ1) is 6.16. The van der Waals surface area contributed by atoms with Crippen molar-refractivity contribution < 1.29 is 0 Å². The zero-order valence-electron chi connectivity index (χ0n) is 9.51. The van der Waals surface area contributed by atoms with Crippen LogP contribution < -0.4 is 5.32 Å². The Hall–Kier alpha value is -0.0800. The van der Waals surface area contributed by atoms with Crippen molar-refractivity contribution in [2.75, 3.05) is 14.1 Å². The van der Waals surface area contributed by atoms with Gasteiger partial charge in [0.25, 0.3) is 0 Å². The molecule has 0 aliphatic heterocycles. The fourth-order valence-corrected chi connectivity index (χ4v) is 2.32. The summed E-state index contributed by atoms with van der Waals surface area (Å²) in [6, 6.07) is 2.12. The first-order valence-electron chi connectivity index (χ1n) is 5.56. The molecule has 1 fully saturated rings. The fourth-order valence-electron chi connectivity index (χ4n) is 2.32. The van der Waals surface area contributed by atoms with Gasteiger partial charge in [0.15, 0.2) is 0 Å². The van der Waals surface area contributed by atoms with Crippen LogP contribution in [0.5, 0.6) is 0 Å². The summed E-state index contributed by atoms with van der Waals surface area (Å²) < 4.78 is 0. The minimum Gasteiger partial charge on any atom is -0.315 e.